The monoisotopic (exact) mass is 332 g/mol. The predicted molar refractivity (Wildman–Crippen MR) is 101 cm³/mol. The lowest BCUT2D eigenvalue weighted by molar-refractivity contribution is 1.02. The van der Waals surface area contributed by atoms with E-state index in [2.05, 4.69) is 60.4 Å². The summed E-state index contributed by atoms with van der Waals surface area (Å²) in [6.45, 7) is 2.07. The molecule has 1 heterocycles. The molecule has 1 aromatic heterocycles. The molecule has 0 radical (unpaired) electrons. The molecule has 0 amide bonds. The van der Waals surface area contributed by atoms with Crippen LogP contribution in [0.1, 0.15) is 17.1 Å². The topological polar surface area (TPSA) is 28.7 Å². The van der Waals surface area contributed by atoms with Crippen LogP contribution in [-0.4, -0.2) is 9.97 Å². The Kier molecular flexibility index (Phi) is 3.83. The van der Waals surface area contributed by atoms with Gasteiger partial charge in [-0.1, -0.05) is 60.1 Å². The van der Waals surface area contributed by atoms with Gasteiger partial charge in [0, 0.05) is 22.7 Å². The number of rotatable bonds is 3. The lowest BCUT2D eigenvalue weighted by atomic mass is 10.0. The first-order valence-corrected chi connectivity index (χ1v) is 8.36. The molecule has 0 aliphatic carbocycles. The summed E-state index contributed by atoms with van der Waals surface area (Å²) in [5.74, 6) is 0.956. The van der Waals surface area contributed by atoms with Crippen molar-refractivity contribution in [3.05, 3.63) is 88.8 Å². The normalized spacial score (nSPS) is 11.1. The first-order valence-electron chi connectivity index (χ1n) is 7.98. The van der Waals surface area contributed by atoms with E-state index in [-0.39, 0.29) is 0 Å². The molecule has 0 spiro atoms. The van der Waals surface area contributed by atoms with Crippen LogP contribution in [0.3, 0.4) is 0 Å². The molecule has 0 saturated carbocycles. The zero-order valence-corrected chi connectivity index (χ0v) is 14.1. The number of aromatic nitrogens is 2. The summed E-state index contributed by atoms with van der Waals surface area (Å²) in [7, 11) is 0. The predicted octanol–water partition coefficient (Wildman–Crippen LogP) is 5.78. The lowest BCUT2D eigenvalue weighted by Gasteiger charge is -2.02. The first-order chi connectivity index (χ1) is 11.7. The Balaban J connectivity index is 1.69. The quantitative estimate of drug-likeness (QED) is 0.506. The molecule has 0 unspecified atom stereocenters. The maximum atomic E-state index is 6.07. The van der Waals surface area contributed by atoms with Crippen LogP contribution >= 0.6 is 11.6 Å². The fraction of sp³-hybridized carbons (Fsp3) is 0.0952. The molecule has 1 N–H and O–H groups in total. The van der Waals surface area contributed by atoms with Gasteiger partial charge in [-0.3, -0.25) is 0 Å². The molecule has 4 aromatic rings. The number of aryl methyl sites for hydroxylation is 1. The van der Waals surface area contributed by atoms with Gasteiger partial charge in [0.15, 0.2) is 0 Å². The van der Waals surface area contributed by atoms with Crippen LogP contribution in [0.4, 0.5) is 0 Å². The molecule has 0 bridgehead atoms. The fourth-order valence-electron chi connectivity index (χ4n) is 3.06. The SMILES string of the molecule is Cc1[nH]c(Cc2cccc(Cl)c2)nc1-c1ccc2ccccc2c1. The van der Waals surface area contributed by atoms with Crippen LogP contribution < -0.4 is 0 Å². The van der Waals surface area contributed by atoms with Crippen molar-refractivity contribution < 1.29 is 0 Å². The molecule has 2 nitrogen and oxygen atoms in total. The lowest BCUT2D eigenvalue weighted by Crippen LogP contribution is -1.90. The Bertz CT molecular complexity index is 1020. The number of hydrogen-bond donors (Lipinski definition) is 1. The molecule has 118 valence electrons. The number of halogens is 1. The molecular weight excluding hydrogens is 316 g/mol. The van der Waals surface area contributed by atoms with Gasteiger partial charge in [0.2, 0.25) is 0 Å². The third-order valence-corrected chi connectivity index (χ3v) is 4.45. The maximum Gasteiger partial charge on any atom is 0.111 e. The van der Waals surface area contributed by atoms with Crippen molar-refractivity contribution in [1.29, 1.82) is 0 Å². The Morgan fingerprint density at radius 3 is 2.58 bits per heavy atom. The van der Waals surface area contributed by atoms with E-state index >= 15 is 0 Å². The van der Waals surface area contributed by atoms with Crippen LogP contribution in [-0.2, 0) is 6.42 Å². The van der Waals surface area contributed by atoms with Crippen molar-refractivity contribution >= 4 is 22.4 Å². The van der Waals surface area contributed by atoms with Crippen molar-refractivity contribution in [1.82, 2.24) is 9.97 Å². The number of fused-ring (bicyclic) bond motifs is 1. The van der Waals surface area contributed by atoms with Gasteiger partial charge in [0.25, 0.3) is 0 Å². The Hall–Kier alpha value is -2.58. The zero-order chi connectivity index (χ0) is 16.5. The molecular formula is C21H17ClN2. The number of nitrogens with zero attached hydrogens (tertiary/aromatic N) is 1. The van der Waals surface area contributed by atoms with E-state index in [9.17, 15) is 0 Å². The minimum Gasteiger partial charge on any atom is -0.345 e. The molecule has 0 aliphatic rings. The van der Waals surface area contributed by atoms with Gasteiger partial charge in [0.1, 0.15) is 5.82 Å². The van der Waals surface area contributed by atoms with Gasteiger partial charge in [0.05, 0.1) is 5.69 Å². The van der Waals surface area contributed by atoms with E-state index < -0.39 is 0 Å². The number of benzene rings is 3. The molecule has 4 rings (SSSR count). The smallest absolute Gasteiger partial charge is 0.111 e. The van der Waals surface area contributed by atoms with Crippen LogP contribution in [0, 0.1) is 6.92 Å². The summed E-state index contributed by atoms with van der Waals surface area (Å²) in [4.78, 5) is 8.22. The molecule has 0 saturated heterocycles. The van der Waals surface area contributed by atoms with Crippen molar-refractivity contribution in [3.63, 3.8) is 0 Å². The molecule has 0 atom stereocenters. The molecule has 0 aliphatic heterocycles. The van der Waals surface area contributed by atoms with Crippen LogP contribution in [0.25, 0.3) is 22.0 Å². The number of aromatic amines is 1. The number of nitrogens with one attached hydrogen (secondary N) is 1. The summed E-state index contributed by atoms with van der Waals surface area (Å²) >= 11 is 6.07. The minimum atomic E-state index is 0.745. The van der Waals surface area contributed by atoms with Gasteiger partial charge >= 0.3 is 0 Å². The highest BCUT2D eigenvalue weighted by atomic mass is 35.5. The van der Waals surface area contributed by atoms with Gasteiger partial charge < -0.3 is 4.98 Å². The average Bonchev–Trinajstić information content (AvgIpc) is 2.95. The third kappa shape index (κ3) is 2.93. The second-order valence-corrected chi connectivity index (χ2v) is 6.46. The third-order valence-electron chi connectivity index (χ3n) is 4.22. The highest BCUT2D eigenvalue weighted by Gasteiger charge is 2.10. The standard InChI is InChI=1S/C21H17ClN2/c1-14-21(18-10-9-16-6-2-3-7-17(16)13-18)24-20(23-14)12-15-5-4-8-19(22)11-15/h2-11,13H,12H2,1H3,(H,23,24). The Morgan fingerprint density at radius 2 is 1.75 bits per heavy atom. The van der Waals surface area contributed by atoms with Crippen LogP contribution in [0.15, 0.2) is 66.7 Å². The Labute approximate surface area is 146 Å². The van der Waals surface area contributed by atoms with Crippen molar-refractivity contribution in [2.75, 3.05) is 0 Å². The second-order valence-electron chi connectivity index (χ2n) is 6.03. The van der Waals surface area contributed by atoms with Gasteiger partial charge in [-0.15, -0.1) is 0 Å². The average molecular weight is 333 g/mol. The molecule has 3 aromatic carbocycles. The second kappa shape index (κ2) is 6.14. The zero-order valence-electron chi connectivity index (χ0n) is 13.4. The summed E-state index contributed by atoms with van der Waals surface area (Å²) in [6, 6.07) is 22.8. The van der Waals surface area contributed by atoms with E-state index in [1.807, 2.05) is 18.2 Å². The largest absolute Gasteiger partial charge is 0.345 e. The summed E-state index contributed by atoms with van der Waals surface area (Å²) in [6.07, 6.45) is 0.745. The van der Waals surface area contributed by atoms with E-state index in [0.29, 0.717) is 0 Å². The molecule has 0 fully saturated rings. The van der Waals surface area contributed by atoms with E-state index in [1.54, 1.807) is 0 Å². The number of hydrogen-bond acceptors (Lipinski definition) is 1. The summed E-state index contributed by atoms with van der Waals surface area (Å²) in [5.41, 5.74) is 4.39. The van der Waals surface area contributed by atoms with Gasteiger partial charge in [-0.25, -0.2) is 4.98 Å². The van der Waals surface area contributed by atoms with Crippen LogP contribution in [0.5, 0.6) is 0 Å². The van der Waals surface area contributed by atoms with Crippen molar-refractivity contribution in [2.24, 2.45) is 0 Å². The van der Waals surface area contributed by atoms with Crippen LogP contribution in [0.2, 0.25) is 5.02 Å². The minimum absolute atomic E-state index is 0.745. The van der Waals surface area contributed by atoms with Crippen molar-refractivity contribution in [3.8, 4) is 11.3 Å². The van der Waals surface area contributed by atoms with E-state index in [0.717, 1.165) is 39.8 Å². The highest BCUT2D eigenvalue weighted by Crippen LogP contribution is 2.26. The highest BCUT2D eigenvalue weighted by molar-refractivity contribution is 6.30. The van der Waals surface area contributed by atoms with Crippen molar-refractivity contribution in [2.45, 2.75) is 13.3 Å². The number of H-pyrrole nitrogens is 1. The Morgan fingerprint density at radius 1 is 0.917 bits per heavy atom. The molecule has 24 heavy (non-hydrogen) atoms. The number of imidazole rings is 1. The summed E-state index contributed by atoms with van der Waals surface area (Å²) < 4.78 is 0. The molecule has 3 heteroatoms. The van der Waals surface area contributed by atoms with E-state index in [4.69, 9.17) is 16.6 Å². The first kappa shape index (κ1) is 15.0. The van der Waals surface area contributed by atoms with E-state index in [1.165, 1.54) is 10.8 Å². The van der Waals surface area contributed by atoms with Gasteiger partial charge in [-0.2, -0.15) is 0 Å². The maximum absolute atomic E-state index is 6.07. The van der Waals surface area contributed by atoms with Gasteiger partial charge in [-0.05, 0) is 41.5 Å². The fourth-order valence-corrected chi connectivity index (χ4v) is 3.28. The summed E-state index contributed by atoms with van der Waals surface area (Å²) in [5, 5.41) is 3.23.